The minimum absolute atomic E-state index is 0.135. The highest BCUT2D eigenvalue weighted by atomic mass is 35.5. The Morgan fingerprint density at radius 2 is 2.15 bits per heavy atom. The summed E-state index contributed by atoms with van der Waals surface area (Å²) in [4.78, 5) is 0. The van der Waals surface area contributed by atoms with Gasteiger partial charge in [0.1, 0.15) is 5.82 Å². The van der Waals surface area contributed by atoms with Crippen molar-refractivity contribution in [3.63, 3.8) is 0 Å². The summed E-state index contributed by atoms with van der Waals surface area (Å²) in [5.74, 6) is 0.214. The average Bonchev–Trinajstić information content (AvgIpc) is 2.12. The molecule has 1 nitrogen and oxygen atoms in total. The number of anilines is 1. The SMILES string of the molecule is Fc1ccc(NCCCCl)cc1Cl. The lowest BCUT2D eigenvalue weighted by atomic mass is 10.3. The van der Waals surface area contributed by atoms with Gasteiger partial charge in [-0.15, -0.1) is 11.6 Å². The monoisotopic (exact) mass is 221 g/mol. The van der Waals surface area contributed by atoms with E-state index in [1.165, 1.54) is 6.07 Å². The molecule has 0 aromatic heterocycles. The van der Waals surface area contributed by atoms with Gasteiger partial charge in [0, 0.05) is 18.1 Å². The van der Waals surface area contributed by atoms with E-state index in [1.54, 1.807) is 12.1 Å². The van der Waals surface area contributed by atoms with Gasteiger partial charge in [-0.25, -0.2) is 4.39 Å². The Labute approximate surface area is 86.8 Å². The Morgan fingerprint density at radius 1 is 1.38 bits per heavy atom. The minimum Gasteiger partial charge on any atom is -0.385 e. The van der Waals surface area contributed by atoms with Crippen molar-refractivity contribution in [2.24, 2.45) is 0 Å². The molecule has 0 aliphatic rings. The van der Waals surface area contributed by atoms with E-state index in [4.69, 9.17) is 23.2 Å². The van der Waals surface area contributed by atoms with Crippen LogP contribution in [0.3, 0.4) is 0 Å². The molecule has 1 N–H and O–H groups in total. The van der Waals surface area contributed by atoms with E-state index >= 15 is 0 Å². The quantitative estimate of drug-likeness (QED) is 0.607. The smallest absolute Gasteiger partial charge is 0.141 e. The highest BCUT2D eigenvalue weighted by Crippen LogP contribution is 2.19. The van der Waals surface area contributed by atoms with Gasteiger partial charge in [0.05, 0.1) is 5.02 Å². The number of hydrogen-bond acceptors (Lipinski definition) is 1. The van der Waals surface area contributed by atoms with Gasteiger partial charge in [0.25, 0.3) is 0 Å². The maximum absolute atomic E-state index is 12.7. The zero-order chi connectivity index (χ0) is 9.68. The number of alkyl halides is 1. The predicted molar refractivity (Wildman–Crippen MR) is 55.2 cm³/mol. The van der Waals surface area contributed by atoms with E-state index in [9.17, 15) is 4.39 Å². The van der Waals surface area contributed by atoms with E-state index < -0.39 is 5.82 Å². The average molecular weight is 222 g/mol. The molecule has 0 saturated carbocycles. The van der Waals surface area contributed by atoms with Crippen LogP contribution in [0.1, 0.15) is 6.42 Å². The molecule has 72 valence electrons. The molecule has 0 heterocycles. The zero-order valence-corrected chi connectivity index (χ0v) is 8.50. The van der Waals surface area contributed by atoms with Crippen molar-refractivity contribution in [2.45, 2.75) is 6.42 Å². The fraction of sp³-hybridized carbons (Fsp3) is 0.333. The summed E-state index contributed by atoms with van der Waals surface area (Å²) in [6.45, 7) is 0.769. The highest BCUT2D eigenvalue weighted by molar-refractivity contribution is 6.31. The van der Waals surface area contributed by atoms with E-state index in [-0.39, 0.29) is 5.02 Å². The van der Waals surface area contributed by atoms with Crippen molar-refractivity contribution in [1.82, 2.24) is 0 Å². The van der Waals surface area contributed by atoms with Crippen LogP contribution in [-0.4, -0.2) is 12.4 Å². The van der Waals surface area contributed by atoms with Crippen LogP contribution in [0.25, 0.3) is 0 Å². The fourth-order valence-corrected chi connectivity index (χ4v) is 1.22. The Morgan fingerprint density at radius 3 is 2.77 bits per heavy atom. The molecule has 4 heteroatoms. The third kappa shape index (κ3) is 3.41. The van der Waals surface area contributed by atoms with Crippen molar-refractivity contribution >= 4 is 28.9 Å². The van der Waals surface area contributed by atoms with Gasteiger partial charge in [-0.05, 0) is 24.6 Å². The molecule has 13 heavy (non-hydrogen) atoms. The lowest BCUT2D eigenvalue weighted by molar-refractivity contribution is 0.628. The molecular weight excluding hydrogens is 212 g/mol. The largest absolute Gasteiger partial charge is 0.385 e. The molecule has 0 atom stereocenters. The third-order valence-electron chi connectivity index (χ3n) is 1.56. The van der Waals surface area contributed by atoms with Crippen LogP contribution < -0.4 is 5.32 Å². The second-order valence-corrected chi connectivity index (χ2v) is 3.38. The second kappa shape index (κ2) is 5.30. The Kier molecular flexibility index (Phi) is 4.33. The molecule has 0 fully saturated rings. The number of nitrogens with one attached hydrogen (secondary N) is 1. The van der Waals surface area contributed by atoms with Gasteiger partial charge in [-0.2, -0.15) is 0 Å². The Bertz CT molecular complexity index is 278. The normalized spacial score (nSPS) is 10.1. The van der Waals surface area contributed by atoms with E-state index in [1.807, 2.05) is 0 Å². The van der Waals surface area contributed by atoms with E-state index in [0.29, 0.717) is 5.88 Å². The first-order chi connectivity index (χ1) is 6.24. The van der Waals surface area contributed by atoms with Gasteiger partial charge in [-0.1, -0.05) is 11.6 Å². The fourth-order valence-electron chi connectivity index (χ4n) is 0.906. The maximum atomic E-state index is 12.7. The molecular formula is C9H10Cl2FN. The molecule has 0 spiro atoms. The predicted octanol–water partition coefficient (Wildman–Crippen LogP) is 3.52. The number of halogens is 3. The van der Waals surface area contributed by atoms with Crippen LogP contribution in [0, 0.1) is 5.82 Å². The first-order valence-electron chi connectivity index (χ1n) is 3.99. The summed E-state index contributed by atoms with van der Waals surface area (Å²) in [7, 11) is 0. The first kappa shape index (κ1) is 10.6. The molecule has 1 aromatic carbocycles. The first-order valence-corrected chi connectivity index (χ1v) is 4.90. The van der Waals surface area contributed by atoms with Crippen molar-refractivity contribution in [3.05, 3.63) is 29.0 Å². The van der Waals surface area contributed by atoms with E-state index in [0.717, 1.165) is 18.7 Å². The number of benzene rings is 1. The summed E-state index contributed by atoms with van der Waals surface area (Å²) >= 11 is 11.1. The number of rotatable bonds is 4. The van der Waals surface area contributed by atoms with Crippen molar-refractivity contribution in [1.29, 1.82) is 0 Å². The highest BCUT2D eigenvalue weighted by Gasteiger charge is 1.99. The molecule has 0 bridgehead atoms. The van der Waals surface area contributed by atoms with Gasteiger partial charge in [-0.3, -0.25) is 0 Å². The van der Waals surface area contributed by atoms with Gasteiger partial charge < -0.3 is 5.32 Å². The second-order valence-electron chi connectivity index (χ2n) is 2.60. The van der Waals surface area contributed by atoms with Crippen LogP contribution >= 0.6 is 23.2 Å². The standard InChI is InChI=1S/C9H10Cl2FN/c10-4-1-5-13-7-2-3-9(12)8(11)6-7/h2-3,6,13H,1,4-5H2. The van der Waals surface area contributed by atoms with Crippen molar-refractivity contribution in [2.75, 3.05) is 17.7 Å². The Hall–Kier alpha value is -0.470. The number of hydrogen-bond donors (Lipinski definition) is 1. The Balaban J connectivity index is 2.53. The molecule has 0 amide bonds. The van der Waals surface area contributed by atoms with Crippen LogP contribution in [-0.2, 0) is 0 Å². The summed E-state index contributed by atoms with van der Waals surface area (Å²) < 4.78 is 12.7. The summed E-state index contributed by atoms with van der Waals surface area (Å²) in [5, 5.41) is 3.21. The molecule has 0 radical (unpaired) electrons. The summed E-state index contributed by atoms with van der Waals surface area (Å²) in [5.41, 5.74) is 0.816. The maximum Gasteiger partial charge on any atom is 0.141 e. The van der Waals surface area contributed by atoms with Crippen molar-refractivity contribution in [3.8, 4) is 0 Å². The molecule has 0 saturated heterocycles. The lowest BCUT2D eigenvalue weighted by Crippen LogP contribution is -2.01. The lowest BCUT2D eigenvalue weighted by Gasteiger charge is -2.05. The van der Waals surface area contributed by atoms with Gasteiger partial charge in [0.2, 0.25) is 0 Å². The summed E-state index contributed by atoms with van der Waals surface area (Å²) in [6, 6.07) is 4.55. The molecule has 0 aliphatic carbocycles. The molecule has 0 unspecified atom stereocenters. The van der Waals surface area contributed by atoms with Crippen LogP contribution in [0.5, 0.6) is 0 Å². The molecule has 1 rings (SSSR count). The van der Waals surface area contributed by atoms with Crippen LogP contribution in [0.15, 0.2) is 18.2 Å². The van der Waals surface area contributed by atoms with Gasteiger partial charge in [0.15, 0.2) is 0 Å². The van der Waals surface area contributed by atoms with Crippen LogP contribution in [0.2, 0.25) is 5.02 Å². The van der Waals surface area contributed by atoms with Gasteiger partial charge >= 0.3 is 0 Å². The third-order valence-corrected chi connectivity index (χ3v) is 2.12. The van der Waals surface area contributed by atoms with Crippen molar-refractivity contribution < 1.29 is 4.39 Å². The topological polar surface area (TPSA) is 12.0 Å². The molecule has 1 aromatic rings. The zero-order valence-electron chi connectivity index (χ0n) is 6.99. The van der Waals surface area contributed by atoms with Crippen LogP contribution in [0.4, 0.5) is 10.1 Å². The molecule has 0 aliphatic heterocycles. The minimum atomic E-state index is -0.399. The summed E-state index contributed by atoms with van der Waals surface area (Å²) in [6.07, 6.45) is 0.872. The van der Waals surface area contributed by atoms with E-state index in [2.05, 4.69) is 5.32 Å².